The Hall–Kier alpha value is -2.94. The highest BCUT2D eigenvalue weighted by atomic mass is 32.2. The lowest BCUT2D eigenvalue weighted by molar-refractivity contribution is 0.0942. The molecular formula is C15H14N4O4S. The third-order valence-electron chi connectivity index (χ3n) is 3.19. The van der Waals surface area contributed by atoms with Gasteiger partial charge in [-0.2, -0.15) is 17.6 Å². The summed E-state index contributed by atoms with van der Waals surface area (Å²) >= 11 is 0. The van der Waals surface area contributed by atoms with Crippen molar-refractivity contribution in [2.45, 2.75) is 18.4 Å². The molecule has 0 radical (unpaired) electrons. The summed E-state index contributed by atoms with van der Waals surface area (Å²) in [6.07, 6.45) is 1.23. The number of rotatable bonds is 5. The number of amides is 1. The molecule has 0 aliphatic rings. The first-order chi connectivity index (χ1) is 11.5. The Bertz CT molecular complexity index is 960. The molecule has 9 heteroatoms. The van der Waals surface area contributed by atoms with Crippen molar-refractivity contribution >= 4 is 15.9 Å². The summed E-state index contributed by atoms with van der Waals surface area (Å²) in [7, 11) is -3.82. The average Bonchev–Trinajstić information content (AvgIpc) is 3.23. The predicted molar refractivity (Wildman–Crippen MR) is 83.7 cm³/mol. The summed E-state index contributed by atoms with van der Waals surface area (Å²) in [6.45, 7) is 1.91. The van der Waals surface area contributed by atoms with Crippen molar-refractivity contribution in [1.29, 1.82) is 0 Å². The first-order valence-corrected chi connectivity index (χ1v) is 8.47. The number of hydrogen-bond donors (Lipinski definition) is 1. The monoisotopic (exact) mass is 346 g/mol. The SMILES string of the molecule is Cc1cc(CNC(=O)c2ccn(S(=O)(=O)c3ccccc3)n2)on1. The van der Waals surface area contributed by atoms with Crippen molar-refractivity contribution in [3.8, 4) is 0 Å². The molecule has 3 rings (SSSR count). The van der Waals surface area contributed by atoms with Gasteiger partial charge in [-0.15, -0.1) is 0 Å². The lowest BCUT2D eigenvalue weighted by atomic mass is 10.3. The zero-order valence-corrected chi connectivity index (χ0v) is 13.5. The van der Waals surface area contributed by atoms with E-state index in [2.05, 4.69) is 15.6 Å². The number of nitrogens with zero attached hydrogens (tertiary/aromatic N) is 3. The van der Waals surface area contributed by atoms with E-state index in [0.717, 1.165) is 4.09 Å². The summed E-state index contributed by atoms with van der Waals surface area (Å²) < 4.78 is 30.5. The first kappa shape index (κ1) is 15.9. The van der Waals surface area contributed by atoms with Gasteiger partial charge in [0.05, 0.1) is 17.1 Å². The van der Waals surface area contributed by atoms with Crippen molar-refractivity contribution in [2.75, 3.05) is 0 Å². The summed E-state index contributed by atoms with van der Waals surface area (Å²) in [6, 6.07) is 10.9. The van der Waals surface area contributed by atoms with Gasteiger partial charge in [0.1, 0.15) is 0 Å². The maximum absolute atomic E-state index is 12.4. The highest BCUT2D eigenvalue weighted by Gasteiger charge is 2.19. The van der Waals surface area contributed by atoms with E-state index < -0.39 is 15.9 Å². The molecule has 0 saturated heterocycles. The van der Waals surface area contributed by atoms with Crippen LogP contribution in [0.25, 0.3) is 0 Å². The Morgan fingerprint density at radius 1 is 1.25 bits per heavy atom. The van der Waals surface area contributed by atoms with Crippen molar-refractivity contribution in [3.05, 3.63) is 65.8 Å². The summed E-state index contributed by atoms with van der Waals surface area (Å²) in [5.41, 5.74) is 0.697. The van der Waals surface area contributed by atoms with Crippen LogP contribution in [0.1, 0.15) is 21.9 Å². The molecule has 3 aromatic rings. The van der Waals surface area contributed by atoms with Gasteiger partial charge >= 0.3 is 0 Å². The van der Waals surface area contributed by atoms with Crippen LogP contribution in [0.4, 0.5) is 0 Å². The van der Waals surface area contributed by atoms with Crippen molar-refractivity contribution < 1.29 is 17.7 Å². The maximum atomic E-state index is 12.4. The third kappa shape index (κ3) is 3.20. The quantitative estimate of drug-likeness (QED) is 0.747. The Morgan fingerprint density at radius 2 is 2.00 bits per heavy atom. The Morgan fingerprint density at radius 3 is 2.67 bits per heavy atom. The smallest absolute Gasteiger partial charge is 0.282 e. The van der Waals surface area contributed by atoms with Crippen LogP contribution in [-0.4, -0.2) is 28.7 Å². The molecule has 1 aromatic carbocycles. The van der Waals surface area contributed by atoms with Gasteiger partial charge in [-0.25, -0.2) is 0 Å². The summed E-state index contributed by atoms with van der Waals surface area (Å²) in [5.74, 6) is -0.0109. The summed E-state index contributed by atoms with van der Waals surface area (Å²) in [5, 5.41) is 10.1. The van der Waals surface area contributed by atoms with Crippen LogP contribution >= 0.6 is 0 Å². The lowest BCUT2D eigenvalue weighted by Gasteiger charge is -2.03. The molecular weight excluding hydrogens is 332 g/mol. The second kappa shape index (κ2) is 6.28. The molecule has 124 valence electrons. The minimum absolute atomic E-state index is 0.00857. The molecule has 24 heavy (non-hydrogen) atoms. The minimum atomic E-state index is -3.82. The lowest BCUT2D eigenvalue weighted by Crippen LogP contribution is -2.24. The second-order valence-corrected chi connectivity index (χ2v) is 6.80. The van der Waals surface area contributed by atoms with Gasteiger partial charge < -0.3 is 9.84 Å². The number of aryl methyl sites for hydroxylation is 1. The second-order valence-electron chi connectivity index (χ2n) is 5.01. The highest BCUT2D eigenvalue weighted by molar-refractivity contribution is 7.89. The summed E-state index contributed by atoms with van der Waals surface area (Å²) in [4.78, 5) is 12.2. The molecule has 0 unspecified atom stereocenters. The van der Waals surface area contributed by atoms with Gasteiger partial charge in [0, 0.05) is 12.3 Å². The molecule has 0 aliphatic heterocycles. The van der Waals surface area contributed by atoms with E-state index in [1.807, 2.05) is 0 Å². The number of carbonyl (C=O) groups excluding carboxylic acids is 1. The van der Waals surface area contributed by atoms with Gasteiger partial charge in [-0.1, -0.05) is 23.4 Å². The normalized spacial score (nSPS) is 11.4. The van der Waals surface area contributed by atoms with Gasteiger partial charge in [0.2, 0.25) is 0 Å². The molecule has 0 fully saturated rings. The first-order valence-electron chi connectivity index (χ1n) is 7.03. The van der Waals surface area contributed by atoms with E-state index in [9.17, 15) is 13.2 Å². The van der Waals surface area contributed by atoms with Crippen LogP contribution in [0.5, 0.6) is 0 Å². The largest absolute Gasteiger partial charge is 0.359 e. The Balaban J connectivity index is 1.74. The number of carbonyl (C=O) groups is 1. The molecule has 0 spiro atoms. The van der Waals surface area contributed by atoms with E-state index in [1.165, 1.54) is 24.4 Å². The third-order valence-corrected chi connectivity index (χ3v) is 4.75. The minimum Gasteiger partial charge on any atom is -0.359 e. The zero-order valence-electron chi connectivity index (χ0n) is 12.7. The van der Waals surface area contributed by atoms with E-state index in [-0.39, 0.29) is 17.1 Å². The molecule has 2 aromatic heterocycles. The van der Waals surface area contributed by atoms with E-state index in [4.69, 9.17) is 4.52 Å². The van der Waals surface area contributed by atoms with Crippen LogP contribution in [0.3, 0.4) is 0 Å². The van der Waals surface area contributed by atoms with Gasteiger partial charge in [-0.05, 0) is 25.1 Å². The Kier molecular flexibility index (Phi) is 4.17. The number of benzene rings is 1. The van der Waals surface area contributed by atoms with Gasteiger partial charge in [0.15, 0.2) is 11.5 Å². The standard InChI is InChI=1S/C15H14N4O4S/c1-11-9-12(23-18-11)10-16-15(20)14-7-8-19(17-14)24(21,22)13-5-3-2-4-6-13/h2-9H,10H2,1H3,(H,16,20). The van der Waals surface area contributed by atoms with Crippen LogP contribution in [0.2, 0.25) is 0 Å². The van der Waals surface area contributed by atoms with Crippen LogP contribution < -0.4 is 5.32 Å². The number of nitrogens with one attached hydrogen (secondary N) is 1. The predicted octanol–water partition coefficient (Wildman–Crippen LogP) is 1.35. The topological polar surface area (TPSA) is 107 Å². The number of hydrogen-bond acceptors (Lipinski definition) is 6. The number of aromatic nitrogens is 3. The molecule has 0 aliphatic carbocycles. The van der Waals surface area contributed by atoms with E-state index in [1.54, 1.807) is 31.2 Å². The van der Waals surface area contributed by atoms with Gasteiger partial charge in [-0.3, -0.25) is 4.79 Å². The molecule has 1 N–H and O–H groups in total. The maximum Gasteiger partial charge on any atom is 0.282 e. The molecule has 8 nitrogen and oxygen atoms in total. The van der Waals surface area contributed by atoms with Crippen LogP contribution in [0, 0.1) is 6.92 Å². The highest BCUT2D eigenvalue weighted by Crippen LogP contribution is 2.12. The van der Waals surface area contributed by atoms with E-state index >= 15 is 0 Å². The van der Waals surface area contributed by atoms with Crippen molar-refractivity contribution in [2.24, 2.45) is 0 Å². The fourth-order valence-electron chi connectivity index (χ4n) is 2.02. The molecule has 0 atom stereocenters. The molecule has 0 saturated carbocycles. The van der Waals surface area contributed by atoms with Crippen molar-refractivity contribution in [1.82, 2.24) is 19.7 Å². The van der Waals surface area contributed by atoms with E-state index in [0.29, 0.717) is 11.5 Å². The molecule has 2 heterocycles. The Labute approximate surface area is 138 Å². The van der Waals surface area contributed by atoms with Gasteiger partial charge in [0.25, 0.3) is 15.9 Å². The average molecular weight is 346 g/mol. The van der Waals surface area contributed by atoms with Crippen molar-refractivity contribution in [3.63, 3.8) is 0 Å². The fraction of sp³-hybridized carbons (Fsp3) is 0.133. The molecule has 1 amide bonds. The fourth-order valence-corrected chi connectivity index (χ4v) is 3.15. The van der Waals surface area contributed by atoms with Crippen LogP contribution in [-0.2, 0) is 16.6 Å². The molecule has 0 bridgehead atoms. The zero-order chi connectivity index (χ0) is 17.2. The van der Waals surface area contributed by atoms with Crippen LogP contribution in [0.15, 0.2) is 58.1 Å².